The van der Waals surface area contributed by atoms with Gasteiger partial charge in [-0.1, -0.05) is 29.8 Å². The summed E-state index contributed by atoms with van der Waals surface area (Å²) in [4.78, 5) is 36.0. The first-order valence-corrected chi connectivity index (χ1v) is 10.1. The molecular weight excluding hydrogens is 400 g/mol. The quantitative estimate of drug-likeness (QED) is 0.660. The van der Waals surface area contributed by atoms with Gasteiger partial charge in [-0.3, -0.25) is 14.4 Å². The van der Waals surface area contributed by atoms with Gasteiger partial charge in [0.1, 0.15) is 0 Å². The number of carbonyl (C=O) groups excluding carboxylic acids is 3. The molecule has 0 bridgehead atoms. The summed E-state index contributed by atoms with van der Waals surface area (Å²) in [5.41, 5.74) is 2.37. The highest BCUT2D eigenvalue weighted by Gasteiger charge is 2.19. The molecule has 0 aliphatic carbocycles. The fourth-order valence-electron chi connectivity index (χ4n) is 3.11. The number of amides is 2. The van der Waals surface area contributed by atoms with Crippen molar-refractivity contribution < 1.29 is 28.6 Å². The van der Waals surface area contributed by atoms with Crippen molar-refractivity contribution in [3.8, 4) is 11.5 Å². The number of hydrogen-bond acceptors (Lipinski definition) is 6. The smallest absolute Gasteiger partial charge is 0.308 e. The second-order valence-electron chi connectivity index (χ2n) is 7.29. The van der Waals surface area contributed by atoms with E-state index in [0.717, 1.165) is 17.5 Å². The average molecular weight is 426 g/mol. The minimum atomic E-state index is -0.590. The first kappa shape index (κ1) is 22.1. The van der Waals surface area contributed by atoms with Gasteiger partial charge in [-0.15, -0.1) is 0 Å². The van der Waals surface area contributed by atoms with E-state index in [1.165, 1.54) is 6.92 Å². The van der Waals surface area contributed by atoms with Crippen LogP contribution in [-0.4, -0.2) is 37.6 Å². The van der Waals surface area contributed by atoms with Crippen LogP contribution in [0, 0.1) is 6.92 Å². The number of ether oxygens (including phenoxy) is 3. The summed E-state index contributed by atoms with van der Waals surface area (Å²) in [6.07, 6.45) is 0.703. The van der Waals surface area contributed by atoms with Crippen LogP contribution in [0.4, 0.5) is 5.69 Å². The molecule has 1 unspecified atom stereocenters. The largest absolute Gasteiger partial charge is 0.490 e. The van der Waals surface area contributed by atoms with E-state index in [4.69, 9.17) is 14.2 Å². The fraction of sp³-hybridized carbons (Fsp3) is 0.348. The SMILES string of the molecule is CC(=O)NC(CC(=O)OCC(=O)Nc1ccc2c(c1)OCCCO2)c1ccc(C)cc1. The Labute approximate surface area is 180 Å². The summed E-state index contributed by atoms with van der Waals surface area (Å²) < 4.78 is 16.3. The number of rotatable bonds is 7. The van der Waals surface area contributed by atoms with E-state index in [2.05, 4.69) is 10.6 Å². The van der Waals surface area contributed by atoms with Crippen LogP contribution < -0.4 is 20.1 Å². The average Bonchev–Trinajstić information content (AvgIpc) is 2.97. The Morgan fingerprint density at radius 3 is 2.45 bits per heavy atom. The molecule has 8 nitrogen and oxygen atoms in total. The fourth-order valence-corrected chi connectivity index (χ4v) is 3.11. The topological polar surface area (TPSA) is 103 Å². The Morgan fingerprint density at radius 2 is 1.74 bits per heavy atom. The maximum Gasteiger partial charge on any atom is 0.308 e. The first-order chi connectivity index (χ1) is 14.9. The maximum atomic E-state index is 12.3. The van der Waals surface area contributed by atoms with Crippen LogP contribution in [-0.2, 0) is 19.1 Å². The van der Waals surface area contributed by atoms with Crippen molar-refractivity contribution >= 4 is 23.5 Å². The van der Waals surface area contributed by atoms with Gasteiger partial charge in [0.25, 0.3) is 5.91 Å². The Morgan fingerprint density at radius 1 is 1.03 bits per heavy atom. The van der Waals surface area contributed by atoms with Crippen LogP contribution in [0.5, 0.6) is 11.5 Å². The molecule has 164 valence electrons. The number of benzene rings is 2. The van der Waals surface area contributed by atoms with Gasteiger partial charge in [-0.25, -0.2) is 0 Å². The zero-order valence-corrected chi connectivity index (χ0v) is 17.6. The lowest BCUT2D eigenvalue weighted by Gasteiger charge is -2.18. The van der Waals surface area contributed by atoms with Gasteiger partial charge in [0.2, 0.25) is 5.91 Å². The van der Waals surface area contributed by atoms with Crippen LogP contribution in [0.25, 0.3) is 0 Å². The van der Waals surface area contributed by atoms with Gasteiger partial charge >= 0.3 is 5.97 Å². The van der Waals surface area contributed by atoms with Crippen LogP contribution in [0.2, 0.25) is 0 Å². The van der Waals surface area contributed by atoms with E-state index in [9.17, 15) is 14.4 Å². The lowest BCUT2D eigenvalue weighted by Crippen LogP contribution is -2.29. The summed E-state index contributed by atoms with van der Waals surface area (Å²) in [5, 5.41) is 5.41. The zero-order chi connectivity index (χ0) is 22.2. The van der Waals surface area contributed by atoms with E-state index >= 15 is 0 Å². The Hall–Kier alpha value is -3.55. The molecule has 1 aliphatic heterocycles. The van der Waals surface area contributed by atoms with Gasteiger partial charge < -0.3 is 24.8 Å². The maximum absolute atomic E-state index is 12.3. The molecule has 2 amide bonds. The van der Waals surface area contributed by atoms with Crippen LogP contribution in [0.1, 0.15) is 36.9 Å². The number of aryl methyl sites for hydroxylation is 1. The number of carbonyl (C=O) groups is 3. The van der Waals surface area contributed by atoms with Gasteiger partial charge in [0.05, 0.1) is 25.7 Å². The van der Waals surface area contributed by atoms with Crippen molar-refractivity contribution in [2.75, 3.05) is 25.1 Å². The molecule has 1 aliphatic rings. The molecule has 1 atom stereocenters. The molecule has 31 heavy (non-hydrogen) atoms. The monoisotopic (exact) mass is 426 g/mol. The first-order valence-electron chi connectivity index (χ1n) is 10.1. The second-order valence-corrected chi connectivity index (χ2v) is 7.29. The lowest BCUT2D eigenvalue weighted by molar-refractivity contribution is -0.148. The van der Waals surface area contributed by atoms with Crippen molar-refractivity contribution in [2.24, 2.45) is 0 Å². The summed E-state index contributed by atoms with van der Waals surface area (Å²) in [6.45, 7) is 4.02. The van der Waals surface area contributed by atoms with Crippen molar-refractivity contribution in [1.29, 1.82) is 0 Å². The molecule has 0 saturated heterocycles. The number of anilines is 1. The molecule has 0 fully saturated rings. The molecule has 1 heterocycles. The van der Waals surface area contributed by atoms with E-state index < -0.39 is 24.5 Å². The number of fused-ring (bicyclic) bond motifs is 1. The molecule has 2 aromatic rings. The van der Waals surface area contributed by atoms with Crippen LogP contribution in [0.15, 0.2) is 42.5 Å². The van der Waals surface area contributed by atoms with Gasteiger partial charge in [0, 0.05) is 25.1 Å². The van der Waals surface area contributed by atoms with Crippen LogP contribution in [0.3, 0.4) is 0 Å². The van der Waals surface area contributed by atoms with Gasteiger partial charge in [0.15, 0.2) is 18.1 Å². The molecule has 2 aromatic carbocycles. The molecule has 0 radical (unpaired) electrons. The highest BCUT2D eigenvalue weighted by molar-refractivity contribution is 5.93. The second kappa shape index (κ2) is 10.5. The lowest BCUT2D eigenvalue weighted by atomic mass is 10.0. The summed E-state index contributed by atoms with van der Waals surface area (Å²) in [7, 11) is 0. The number of hydrogen-bond donors (Lipinski definition) is 2. The molecule has 8 heteroatoms. The number of esters is 1. The van der Waals surface area contributed by atoms with Crippen molar-refractivity contribution in [3.05, 3.63) is 53.6 Å². The van der Waals surface area contributed by atoms with E-state index in [-0.39, 0.29) is 12.3 Å². The normalized spacial score (nSPS) is 13.5. The van der Waals surface area contributed by atoms with E-state index in [1.54, 1.807) is 18.2 Å². The molecule has 0 aromatic heterocycles. The highest BCUT2D eigenvalue weighted by atomic mass is 16.5. The van der Waals surface area contributed by atoms with Gasteiger partial charge in [-0.05, 0) is 24.6 Å². The molecule has 0 spiro atoms. The van der Waals surface area contributed by atoms with Crippen molar-refractivity contribution in [1.82, 2.24) is 5.32 Å². The van der Waals surface area contributed by atoms with Gasteiger partial charge in [-0.2, -0.15) is 0 Å². The summed E-state index contributed by atoms with van der Waals surface area (Å²) in [5.74, 6) is -0.140. The van der Waals surface area contributed by atoms with Crippen LogP contribution >= 0.6 is 0 Å². The summed E-state index contributed by atoms with van der Waals surface area (Å²) in [6, 6.07) is 12.1. The number of nitrogens with one attached hydrogen (secondary N) is 2. The zero-order valence-electron chi connectivity index (χ0n) is 17.6. The third-order valence-electron chi connectivity index (χ3n) is 4.62. The third-order valence-corrected chi connectivity index (χ3v) is 4.62. The Bertz CT molecular complexity index is 942. The molecular formula is C23H26N2O6. The van der Waals surface area contributed by atoms with Crippen molar-refractivity contribution in [2.45, 2.75) is 32.7 Å². The standard InChI is InChI=1S/C23H26N2O6/c1-15-4-6-17(7-5-15)19(24-16(2)26)13-23(28)31-14-22(27)25-18-8-9-20-21(12-18)30-11-3-10-29-20/h4-9,12,19H,3,10-11,13-14H2,1-2H3,(H,24,26)(H,25,27). The Kier molecular flexibility index (Phi) is 7.48. The van der Waals surface area contributed by atoms with Crippen molar-refractivity contribution in [3.63, 3.8) is 0 Å². The third kappa shape index (κ3) is 6.74. The minimum absolute atomic E-state index is 0.0834. The minimum Gasteiger partial charge on any atom is -0.490 e. The highest BCUT2D eigenvalue weighted by Crippen LogP contribution is 2.32. The summed E-state index contributed by atoms with van der Waals surface area (Å²) >= 11 is 0. The molecule has 3 rings (SSSR count). The predicted molar refractivity (Wildman–Crippen MR) is 114 cm³/mol. The molecule has 2 N–H and O–H groups in total. The molecule has 0 saturated carbocycles. The van der Waals surface area contributed by atoms with E-state index in [0.29, 0.717) is 30.4 Å². The predicted octanol–water partition coefficient (Wildman–Crippen LogP) is 2.91. The Balaban J connectivity index is 1.53. The van der Waals surface area contributed by atoms with E-state index in [1.807, 2.05) is 31.2 Å².